The average Bonchev–Trinajstić information content (AvgIpc) is 3.67. The number of aliphatic carboxylic acids is 1. The highest BCUT2D eigenvalue weighted by Gasteiger charge is 2.33. The molecule has 0 radical (unpaired) electrons. The molecule has 0 saturated heterocycles. The van der Waals surface area contributed by atoms with Gasteiger partial charge in [-0.3, -0.25) is 9.98 Å². The van der Waals surface area contributed by atoms with Gasteiger partial charge in [-0.25, -0.2) is 0 Å². The highest BCUT2D eigenvalue weighted by Crippen LogP contribution is 2.30. The van der Waals surface area contributed by atoms with E-state index in [2.05, 4.69) is 30.9 Å². The number of rotatable bonds is 36. The number of carbonyl (C=O) groups excluding carboxylic acids is 1. The van der Waals surface area contributed by atoms with E-state index in [9.17, 15) is 9.90 Å². The number of hydrogen-bond donors (Lipinski definition) is 2. The van der Waals surface area contributed by atoms with Crippen LogP contribution in [0.3, 0.4) is 0 Å². The van der Waals surface area contributed by atoms with Crippen molar-refractivity contribution < 1.29 is 19.9 Å². The summed E-state index contributed by atoms with van der Waals surface area (Å²) >= 11 is 0. The van der Waals surface area contributed by atoms with E-state index in [4.69, 9.17) is 5.11 Å². The lowest BCUT2D eigenvalue weighted by molar-refractivity contribution is -0.880. The largest absolute Gasteiger partial charge is 0.545 e. The third-order valence-corrected chi connectivity index (χ3v) is 11.1. The minimum Gasteiger partial charge on any atom is -0.545 e. The van der Waals surface area contributed by atoms with Crippen LogP contribution in [0.15, 0.2) is 34.3 Å². The van der Waals surface area contributed by atoms with Gasteiger partial charge in [0.15, 0.2) is 0 Å². The quantitative estimate of drug-likeness (QED) is 0.0672. The fourth-order valence-electron chi connectivity index (χ4n) is 7.46. The molecular formula is C47H85N3O3. The number of nitrogens with one attached hydrogen (secondary N) is 1. The molecule has 6 heteroatoms. The fourth-order valence-corrected chi connectivity index (χ4v) is 7.46. The highest BCUT2D eigenvalue weighted by molar-refractivity contribution is 6.19. The van der Waals surface area contributed by atoms with Crippen LogP contribution in [0.2, 0.25) is 0 Å². The molecule has 1 aromatic rings. The van der Waals surface area contributed by atoms with Crippen molar-refractivity contribution >= 4 is 18.4 Å². The van der Waals surface area contributed by atoms with Crippen molar-refractivity contribution in [1.82, 2.24) is 0 Å². The van der Waals surface area contributed by atoms with Crippen LogP contribution in [-0.4, -0.2) is 43.6 Å². The molecule has 0 spiro atoms. The zero-order chi connectivity index (χ0) is 38.5. The van der Waals surface area contributed by atoms with Crippen molar-refractivity contribution in [2.24, 2.45) is 9.98 Å². The first-order valence-electron chi connectivity index (χ1n) is 22.9. The predicted octanol–water partition coefficient (Wildman–Crippen LogP) is 11.5. The van der Waals surface area contributed by atoms with Gasteiger partial charge >= 0.3 is 0 Å². The van der Waals surface area contributed by atoms with E-state index in [1.807, 2.05) is 0 Å². The van der Waals surface area contributed by atoms with Gasteiger partial charge in [0.25, 0.3) is 0 Å². The van der Waals surface area contributed by atoms with Crippen LogP contribution < -0.4 is 10.0 Å². The Labute approximate surface area is 328 Å². The number of carboxylic acids is 1. The highest BCUT2D eigenvalue weighted by atomic mass is 16.4. The maximum atomic E-state index is 11.0. The summed E-state index contributed by atoms with van der Waals surface area (Å²) in [6.45, 7) is 7.42. The van der Waals surface area contributed by atoms with Crippen molar-refractivity contribution in [3.05, 3.63) is 29.8 Å². The summed E-state index contributed by atoms with van der Waals surface area (Å²) in [6.07, 6.45) is 49.7. The lowest BCUT2D eigenvalue weighted by Crippen LogP contribution is -3.09. The molecule has 53 heavy (non-hydrogen) atoms. The Morgan fingerprint density at radius 3 is 1.04 bits per heavy atom. The molecule has 0 unspecified atom stereocenters. The lowest BCUT2D eigenvalue weighted by atomic mass is 10.0. The summed E-state index contributed by atoms with van der Waals surface area (Å²) in [5.41, 5.74) is -1.33. The van der Waals surface area contributed by atoms with Crippen molar-refractivity contribution in [3.8, 4) is 5.75 Å². The summed E-state index contributed by atoms with van der Waals surface area (Å²) < 4.78 is 0. The van der Waals surface area contributed by atoms with Gasteiger partial charge in [0.1, 0.15) is 5.75 Å². The molecule has 2 rings (SSSR count). The number of aromatic hydroxyl groups is 1. The number of phenols is 1. The maximum absolute atomic E-state index is 11.0. The van der Waals surface area contributed by atoms with Gasteiger partial charge in [0.05, 0.1) is 26.1 Å². The van der Waals surface area contributed by atoms with Gasteiger partial charge in [-0.1, -0.05) is 206 Å². The number of carboxylic acid groups (broad SMARTS) is 1. The van der Waals surface area contributed by atoms with Crippen LogP contribution in [0.1, 0.15) is 225 Å². The number of carbonyl (C=O) groups is 1. The zero-order valence-corrected chi connectivity index (χ0v) is 35.2. The van der Waals surface area contributed by atoms with Gasteiger partial charge in [-0.2, -0.15) is 0 Å². The molecule has 0 aliphatic carbocycles. The van der Waals surface area contributed by atoms with E-state index in [-0.39, 0.29) is 5.75 Å². The lowest BCUT2D eigenvalue weighted by Gasteiger charge is -2.24. The molecule has 6 nitrogen and oxygen atoms in total. The summed E-state index contributed by atoms with van der Waals surface area (Å²) in [7, 11) is 2.43. The van der Waals surface area contributed by atoms with Crippen LogP contribution in [0.25, 0.3) is 0 Å². The predicted molar refractivity (Wildman–Crippen MR) is 227 cm³/mol. The first-order valence-corrected chi connectivity index (χ1v) is 22.9. The summed E-state index contributed by atoms with van der Waals surface area (Å²) in [4.78, 5) is 20.3. The Kier molecular flexibility index (Phi) is 32.7. The topological polar surface area (TPSA) is 89.5 Å². The third-order valence-electron chi connectivity index (χ3n) is 11.1. The molecule has 0 amide bonds. The molecule has 0 bridgehead atoms. The van der Waals surface area contributed by atoms with Crippen LogP contribution in [-0.2, 0) is 10.5 Å². The van der Waals surface area contributed by atoms with Crippen LogP contribution in [0.4, 0.5) is 0 Å². The van der Waals surface area contributed by atoms with Crippen molar-refractivity contribution in [2.75, 3.05) is 20.1 Å². The Morgan fingerprint density at radius 2 is 0.774 bits per heavy atom. The first-order chi connectivity index (χ1) is 26.0. The molecule has 1 aliphatic heterocycles. The van der Waals surface area contributed by atoms with E-state index in [0.717, 1.165) is 0 Å². The number of phenolic OH excluding ortho intramolecular Hbond substituents is 1. The molecule has 0 fully saturated rings. The molecule has 2 N–H and O–H groups in total. The van der Waals surface area contributed by atoms with Gasteiger partial charge in [0.2, 0.25) is 5.66 Å². The Bertz CT molecular complexity index is 961. The second-order valence-corrected chi connectivity index (χ2v) is 16.1. The van der Waals surface area contributed by atoms with Gasteiger partial charge in [-0.05, 0) is 37.8 Å². The first kappa shape index (κ1) is 48.8. The number of unbranched alkanes of at least 4 members (excludes halogenated alkanes) is 30. The van der Waals surface area contributed by atoms with E-state index in [1.54, 1.807) is 4.90 Å². The molecule has 1 aromatic carbocycles. The van der Waals surface area contributed by atoms with Crippen molar-refractivity contribution in [2.45, 2.75) is 225 Å². The number of nitrogens with zero attached hydrogens (tertiary/aromatic N) is 2. The van der Waals surface area contributed by atoms with E-state index in [1.165, 1.54) is 255 Å². The standard InChI is InChI=1S/C37H77N.C10H8N2O3/c1-4-6-8-10-12-14-16-18-20-22-24-26-28-30-32-34-36-38(3)37-35-33-31-29-27-25-23-21-19-17-15-13-11-9-7-5-2;13-8-3-1-7(2-4-8)10(9(14)15)11-5-6-12-10/h4-37H2,1-3H3;1-6,13H,(H,14,15). The maximum Gasteiger partial charge on any atom is 0.215 e. The van der Waals surface area contributed by atoms with Gasteiger partial charge in [-0.15, -0.1) is 0 Å². The summed E-state index contributed by atoms with van der Waals surface area (Å²) in [5, 5.41) is 20.1. The number of quaternary nitrogens is 1. The molecule has 1 heterocycles. The van der Waals surface area contributed by atoms with Crippen LogP contribution >= 0.6 is 0 Å². The third kappa shape index (κ3) is 27.1. The zero-order valence-electron chi connectivity index (χ0n) is 35.2. The Hall–Kier alpha value is -2.21. The second-order valence-electron chi connectivity index (χ2n) is 16.1. The normalized spacial score (nSPS) is 13.1. The molecular weight excluding hydrogens is 655 g/mol. The average molecular weight is 740 g/mol. The van der Waals surface area contributed by atoms with E-state index >= 15 is 0 Å². The van der Waals surface area contributed by atoms with Crippen molar-refractivity contribution in [1.29, 1.82) is 0 Å². The minimum absolute atomic E-state index is 0.0539. The Balaban J connectivity index is 0.000000765. The molecule has 0 aromatic heterocycles. The number of hydrogen-bond acceptors (Lipinski definition) is 5. The molecule has 0 saturated carbocycles. The van der Waals surface area contributed by atoms with E-state index in [0.29, 0.717) is 5.56 Å². The number of benzene rings is 1. The van der Waals surface area contributed by atoms with Crippen LogP contribution in [0.5, 0.6) is 5.75 Å². The fraction of sp³-hybridized carbons (Fsp3) is 0.809. The van der Waals surface area contributed by atoms with Gasteiger partial charge in [0, 0.05) is 18.0 Å². The summed E-state index contributed by atoms with van der Waals surface area (Å²) in [6, 6.07) is 5.66. The van der Waals surface area contributed by atoms with E-state index < -0.39 is 11.6 Å². The summed E-state index contributed by atoms with van der Waals surface area (Å²) in [5.74, 6) is -1.34. The number of aliphatic imine (C=N–C) groups is 2. The smallest absolute Gasteiger partial charge is 0.215 e. The van der Waals surface area contributed by atoms with Crippen LogP contribution in [0, 0.1) is 0 Å². The molecule has 306 valence electrons. The monoisotopic (exact) mass is 740 g/mol. The molecule has 0 atom stereocenters. The van der Waals surface area contributed by atoms with Crippen molar-refractivity contribution in [3.63, 3.8) is 0 Å². The second kappa shape index (κ2) is 35.5. The van der Waals surface area contributed by atoms with Gasteiger partial charge < -0.3 is 19.9 Å². The minimum atomic E-state index is -1.69. The SMILES string of the molecule is CCCCCCCCCCCCCCCCCC[NH+](C)CCCCCCCCCCCCCCCCCC.O=C([O-])C1(c2ccc(O)cc2)N=CC=N1. The Morgan fingerprint density at radius 1 is 0.509 bits per heavy atom. The molecule has 1 aliphatic rings.